The lowest BCUT2D eigenvalue weighted by Gasteiger charge is -2.32. The summed E-state index contributed by atoms with van der Waals surface area (Å²) < 4.78 is 0. The third kappa shape index (κ3) is 6.08. The van der Waals surface area contributed by atoms with Gasteiger partial charge >= 0.3 is 0 Å². The zero-order chi connectivity index (χ0) is 37.2. The quantitative estimate of drug-likeness (QED) is 0.148. The van der Waals surface area contributed by atoms with Crippen molar-refractivity contribution in [3.63, 3.8) is 0 Å². The third-order valence-electron chi connectivity index (χ3n) is 10.5. The van der Waals surface area contributed by atoms with Crippen LogP contribution in [0.15, 0.2) is 194 Å². The van der Waals surface area contributed by atoms with Crippen LogP contribution in [0.4, 0.5) is 0 Å². The highest BCUT2D eigenvalue weighted by Crippen LogP contribution is 2.56. The van der Waals surface area contributed by atoms with Gasteiger partial charge in [-0.3, -0.25) is 4.98 Å². The van der Waals surface area contributed by atoms with E-state index in [1.165, 1.54) is 33.4 Å². The second-order valence-electron chi connectivity index (χ2n) is 13.8. The van der Waals surface area contributed by atoms with E-state index in [2.05, 4.69) is 133 Å². The molecular weight excluding hydrogens is 669 g/mol. The van der Waals surface area contributed by atoms with Crippen LogP contribution in [0.2, 0.25) is 0 Å². The van der Waals surface area contributed by atoms with E-state index >= 15 is 0 Å². The molecule has 1 unspecified atom stereocenters. The predicted octanol–water partition coefficient (Wildman–Crippen LogP) is 12.3. The fraction of sp³-hybridized carbons (Fsp3) is 0.0588. The first-order chi connectivity index (χ1) is 27.1. The normalized spacial score (nSPS) is 14.8. The molecular formula is C51H38N4. The zero-order valence-electron chi connectivity index (χ0n) is 30.8. The molecule has 8 aromatic rings. The van der Waals surface area contributed by atoms with Crippen LogP contribution in [-0.4, -0.2) is 19.9 Å². The van der Waals surface area contributed by atoms with Gasteiger partial charge in [0.05, 0.1) is 11.1 Å². The summed E-state index contributed by atoms with van der Waals surface area (Å²) >= 11 is 0. The molecule has 4 nitrogen and oxygen atoms in total. The van der Waals surface area contributed by atoms with Gasteiger partial charge in [0.15, 0.2) is 17.5 Å². The molecule has 2 aromatic heterocycles. The number of allylic oxidation sites excluding steroid dienone is 4. The highest BCUT2D eigenvalue weighted by Gasteiger charge is 2.47. The van der Waals surface area contributed by atoms with Gasteiger partial charge in [0.2, 0.25) is 0 Å². The zero-order valence-corrected chi connectivity index (χ0v) is 30.8. The first-order valence-electron chi connectivity index (χ1n) is 18.7. The van der Waals surface area contributed by atoms with E-state index in [0.717, 1.165) is 39.1 Å². The van der Waals surface area contributed by atoms with Gasteiger partial charge in [-0.2, -0.15) is 0 Å². The lowest BCUT2D eigenvalue weighted by molar-refractivity contribution is 0.735. The molecule has 1 aliphatic rings. The Bertz CT molecular complexity index is 2660. The highest BCUT2D eigenvalue weighted by atomic mass is 15.0. The topological polar surface area (TPSA) is 51.6 Å². The fourth-order valence-corrected chi connectivity index (χ4v) is 7.87. The van der Waals surface area contributed by atoms with Gasteiger partial charge in [-0.1, -0.05) is 164 Å². The minimum Gasteiger partial charge on any atom is -0.260 e. The fourth-order valence-electron chi connectivity index (χ4n) is 7.87. The summed E-state index contributed by atoms with van der Waals surface area (Å²) in [5.74, 6) is 1.97. The minimum atomic E-state index is -0.515. The van der Waals surface area contributed by atoms with Crippen molar-refractivity contribution in [2.75, 3.05) is 0 Å². The third-order valence-corrected chi connectivity index (χ3v) is 10.5. The van der Waals surface area contributed by atoms with E-state index in [0.29, 0.717) is 17.5 Å². The molecule has 0 saturated heterocycles. The van der Waals surface area contributed by atoms with Crippen LogP contribution in [0, 0.1) is 0 Å². The monoisotopic (exact) mass is 706 g/mol. The number of rotatable bonds is 8. The van der Waals surface area contributed by atoms with Crippen molar-refractivity contribution in [2.45, 2.75) is 19.3 Å². The van der Waals surface area contributed by atoms with Crippen LogP contribution < -0.4 is 0 Å². The van der Waals surface area contributed by atoms with Crippen molar-refractivity contribution >= 4 is 5.57 Å². The molecule has 0 fully saturated rings. The maximum Gasteiger partial charge on any atom is 0.164 e. The number of fused-ring (bicyclic) bond motifs is 3. The molecule has 0 radical (unpaired) electrons. The van der Waals surface area contributed by atoms with Crippen molar-refractivity contribution in [2.24, 2.45) is 0 Å². The summed E-state index contributed by atoms with van der Waals surface area (Å²) in [7, 11) is 0. The van der Waals surface area contributed by atoms with Crippen molar-refractivity contribution in [1.82, 2.24) is 19.9 Å². The number of hydrogen-bond donors (Lipinski definition) is 0. The number of pyridine rings is 1. The molecule has 0 amide bonds. The first kappa shape index (κ1) is 33.8. The molecule has 0 bridgehead atoms. The Labute approximate surface area is 322 Å². The van der Waals surface area contributed by atoms with Gasteiger partial charge in [-0.15, -0.1) is 0 Å². The van der Waals surface area contributed by atoms with Crippen molar-refractivity contribution in [3.8, 4) is 56.2 Å². The van der Waals surface area contributed by atoms with Gasteiger partial charge in [0.1, 0.15) is 0 Å². The largest absolute Gasteiger partial charge is 0.260 e. The SMILES string of the molecule is C/C=C\C=C(/C)c1nc(-c2ccccc2)nc(-c2ccc(-c3cccc(-c4ccc5c(c4)-c4ccccc4C5(c4ccccc4)c4ccccn4)c3)cc2)n1. The molecule has 1 aliphatic carbocycles. The summed E-state index contributed by atoms with van der Waals surface area (Å²) in [5, 5.41) is 0. The van der Waals surface area contributed by atoms with Crippen LogP contribution >= 0.6 is 0 Å². The van der Waals surface area contributed by atoms with Gasteiger partial charge < -0.3 is 0 Å². The average molecular weight is 707 g/mol. The maximum atomic E-state index is 4.98. The van der Waals surface area contributed by atoms with Crippen LogP contribution in [0.1, 0.15) is 42.1 Å². The van der Waals surface area contributed by atoms with Crippen LogP contribution in [0.3, 0.4) is 0 Å². The highest BCUT2D eigenvalue weighted by molar-refractivity contribution is 5.89. The van der Waals surface area contributed by atoms with Gasteiger partial charge in [0.25, 0.3) is 0 Å². The van der Waals surface area contributed by atoms with Crippen LogP contribution in [0.25, 0.3) is 61.7 Å². The van der Waals surface area contributed by atoms with E-state index in [1.807, 2.05) is 74.7 Å². The van der Waals surface area contributed by atoms with E-state index in [-0.39, 0.29) is 0 Å². The molecule has 0 saturated carbocycles. The molecule has 6 aromatic carbocycles. The Morgan fingerprint density at radius 1 is 0.491 bits per heavy atom. The molecule has 0 aliphatic heterocycles. The van der Waals surface area contributed by atoms with Crippen LogP contribution in [0.5, 0.6) is 0 Å². The first-order valence-corrected chi connectivity index (χ1v) is 18.7. The van der Waals surface area contributed by atoms with Gasteiger partial charge in [0, 0.05) is 17.3 Å². The Balaban J connectivity index is 1.09. The predicted molar refractivity (Wildman–Crippen MR) is 225 cm³/mol. The molecule has 2 heterocycles. The molecule has 1 atom stereocenters. The van der Waals surface area contributed by atoms with E-state index in [4.69, 9.17) is 19.9 Å². The Hall–Kier alpha value is -7.04. The van der Waals surface area contributed by atoms with Crippen molar-refractivity contribution in [3.05, 3.63) is 222 Å². The molecule has 0 N–H and O–H groups in total. The summed E-state index contributed by atoms with van der Waals surface area (Å²) in [6.45, 7) is 4.03. The Kier molecular flexibility index (Phi) is 8.85. The molecule has 262 valence electrons. The average Bonchev–Trinajstić information content (AvgIpc) is 3.57. The lowest BCUT2D eigenvalue weighted by Crippen LogP contribution is -2.29. The Morgan fingerprint density at radius 3 is 1.80 bits per heavy atom. The van der Waals surface area contributed by atoms with Crippen molar-refractivity contribution < 1.29 is 0 Å². The lowest BCUT2D eigenvalue weighted by atomic mass is 9.69. The van der Waals surface area contributed by atoms with Crippen LogP contribution in [-0.2, 0) is 5.41 Å². The summed E-state index contributed by atoms with van der Waals surface area (Å²) in [6.07, 6.45) is 7.94. The van der Waals surface area contributed by atoms with E-state index < -0.39 is 5.41 Å². The maximum absolute atomic E-state index is 4.98. The minimum absolute atomic E-state index is 0.515. The number of nitrogens with zero attached hydrogens (tertiary/aromatic N) is 4. The van der Waals surface area contributed by atoms with E-state index in [1.54, 1.807) is 0 Å². The van der Waals surface area contributed by atoms with Gasteiger partial charge in [-0.25, -0.2) is 15.0 Å². The van der Waals surface area contributed by atoms with Gasteiger partial charge in [-0.05, 0) is 93.8 Å². The number of aromatic nitrogens is 4. The summed E-state index contributed by atoms with van der Waals surface area (Å²) in [4.78, 5) is 19.6. The summed E-state index contributed by atoms with van der Waals surface area (Å²) in [5.41, 5.74) is 14.2. The number of hydrogen-bond acceptors (Lipinski definition) is 4. The molecule has 4 heteroatoms. The second-order valence-corrected chi connectivity index (χ2v) is 13.8. The second kappa shape index (κ2) is 14.4. The molecule has 0 spiro atoms. The number of benzene rings is 6. The molecule has 9 rings (SSSR count). The smallest absolute Gasteiger partial charge is 0.164 e. The molecule has 55 heavy (non-hydrogen) atoms. The van der Waals surface area contributed by atoms with Crippen molar-refractivity contribution in [1.29, 1.82) is 0 Å². The Morgan fingerprint density at radius 2 is 1.07 bits per heavy atom. The summed E-state index contributed by atoms with van der Waals surface area (Å²) in [6, 6.07) is 60.2. The van der Waals surface area contributed by atoms with E-state index in [9.17, 15) is 0 Å². The standard InChI is InChI=1S/C51H38N4/c1-3-4-16-35(2)48-53-49(37-17-7-5-8-18-37)55-50(54-48)38-28-26-36(27-29-38)39-19-15-20-40(33-39)41-30-31-46-44(34-41)43-23-11-12-24-45(43)51(46,42-21-9-6-10-22-42)47-25-13-14-32-52-47/h3-34H,1-2H3/b4-3-,35-16+.